The first-order chi connectivity index (χ1) is 13.8. The summed E-state index contributed by atoms with van der Waals surface area (Å²) in [4.78, 5) is 12.7. The molecule has 3 rings (SSSR count). The fourth-order valence-corrected chi connectivity index (χ4v) is 4.63. The van der Waals surface area contributed by atoms with Crippen LogP contribution in [-0.4, -0.2) is 20.9 Å². The Hall–Kier alpha value is -2.54. The van der Waals surface area contributed by atoms with E-state index in [9.17, 15) is 13.2 Å². The second-order valence-electron chi connectivity index (χ2n) is 6.09. The maximum absolute atomic E-state index is 12.9. The van der Waals surface area contributed by atoms with Gasteiger partial charge in [-0.25, -0.2) is 8.42 Å². The van der Waals surface area contributed by atoms with Gasteiger partial charge in [0.15, 0.2) is 0 Å². The number of anilines is 2. The molecule has 0 heterocycles. The molecule has 0 aliphatic rings. The zero-order valence-electron chi connectivity index (χ0n) is 15.5. The Bertz CT molecular complexity index is 1120. The molecule has 0 aromatic heterocycles. The molecule has 29 heavy (non-hydrogen) atoms. The maximum atomic E-state index is 12.9. The number of benzene rings is 3. The molecule has 8 heteroatoms. The molecule has 0 spiro atoms. The van der Waals surface area contributed by atoms with E-state index < -0.39 is 10.0 Å². The first kappa shape index (κ1) is 21.2. The van der Waals surface area contributed by atoms with Crippen molar-refractivity contribution in [3.63, 3.8) is 0 Å². The number of hydrogen-bond acceptors (Lipinski definition) is 3. The van der Waals surface area contributed by atoms with Crippen LogP contribution in [0.15, 0.2) is 77.7 Å². The summed E-state index contributed by atoms with van der Waals surface area (Å²) in [6, 6.07) is 19.5. The molecule has 1 N–H and O–H groups in total. The van der Waals surface area contributed by atoms with Gasteiger partial charge in [-0.1, -0.05) is 47.5 Å². The lowest BCUT2D eigenvalue weighted by Gasteiger charge is -2.23. The molecule has 0 aliphatic heterocycles. The highest BCUT2D eigenvalue weighted by molar-refractivity contribution is 7.92. The molecule has 3 aromatic rings. The predicted octanol–water partition coefficient (Wildman–Crippen LogP) is 5.46. The molecule has 1 amide bonds. The van der Waals surface area contributed by atoms with E-state index in [2.05, 4.69) is 5.32 Å². The Morgan fingerprint density at radius 1 is 0.931 bits per heavy atom. The lowest BCUT2D eigenvalue weighted by molar-refractivity contribution is 0.102. The van der Waals surface area contributed by atoms with Crippen molar-refractivity contribution >= 4 is 50.5 Å². The summed E-state index contributed by atoms with van der Waals surface area (Å²) in [5.41, 5.74) is 1.22. The Balaban J connectivity index is 1.83. The van der Waals surface area contributed by atoms with E-state index in [4.69, 9.17) is 23.2 Å². The van der Waals surface area contributed by atoms with Crippen LogP contribution in [-0.2, 0) is 10.0 Å². The molecule has 0 fully saturated rings. The van der Waals surface area contributed by atoms with Crippen LogP contribution in [0, 0.1) is 0 Å². The van der Waals surface area contributed by atoms with Gasteiger partial charge in [-0.2, -0.15) is 0 Å². The summed E-state index contributed by atoms with van der Waals surface area (Å²) in [5, 5.41) is 3.29. The summed E-state index contributed by atoms with van der Waals surface area (Å²) in [6.45, 7) is 2.00. The third-order valence-corrected chi connectivity index (χ3v) is 6.97. The number of nitrogens with one attached hydrogen (secondary N) is 1. The molecule has 0 atom stereocenters. The van der Waals surface area contributed by atoms with Crippen LogP contribution in [0.4, 0.5) is 11.4 Å². The Kier molecular flexibility index (Phi) is 6.47. The fourth-order valence-electron chi connectivity index (χ4n) is 2.78. The van der Waals surface area contributed by atoms with Crippen molar-refractivity contribution in [1.82, 2.24) is 0 Å². The van der Waals surface area contributed by atoms with Gasteiger partial charge in [0, 0.05) is 12.1 Å². The van der Waals surface area contributed by atoms with E-state index in [0.717, 1.165) is 0 Å². The largest absolute Gasteiger partial charge is 0.321 e. The van der Waals surface area contributed by atoms with Crippen LogP contribution in [0.3, 0.4) is 0 Å². The van der Waals surface area contributed by atoms with Crippen molar-refractivity contribution in [3.05, 3.63) is 88.4 Å². The molecular formula is C21H18Cl2N2O3S. The van der Waals surface area contributed by atoms with Gasteiger partial charge in [-0.15, -0.1) is 0 Å². The second-order valence-corrected chi connectivity index (χ2v) is 8.73. The zero-order valence-corrected chi connectivity index (χ0v) is 17.8. The third kappa shape index (κ3) is 4.56. The minimum Gasteiger partial charge on any atom is -0.321 e. The van der Waals surface area contributed by atoms with Gasteiger partial charge in [-0.3, -0.25) is 9.10 Å². The van der Waals surface area contributed by atoms with Gasteiger partial charge in [-0.05, 0) is 55.5 Å². The summed E-state index contributed by atoms with van der Waals surface area (Å²) in [5.74, 6) is -0.380. The minimum atomic E-state index is -3.70. The number of carbonyl (C=O) groups excluding carboxylic acids is 1. The molecule has 0 radical (unpaired) electrons. The lowest BCUT2D eigenvalue weighted by atomic mass is 10.2. The number of halogens is 2. The zero-order chi connectivity index (χ0) is 21.0. The lowest BCUT2D eigenvalue weighted by Crippen LogP contribution is -2.30. The van der Waals surface area contributed by atoms with Crippen LogP contribution in [0.5, 0.6) is 0 Å². The number of carbonyl (C=O) groups is 1. The Morgan fingerprint density at radius 3 is 2.21 bits per heavy atom. The topological polar surface area (TPSA) is 66.5 Å². The highest BCUT2D eigenvalue weighted by Crippen LogP contribution is 2.30. The van der Waals surface area contributed by atoms with Crippen LogP contribution in [0.2, 0.25) is 10.0 Å². The summed E-state index contributed by atoms with van der Waals surface area (Å²) < 4.78 is 27.1. The average molecular weight is 449 g/mol. The number of hydrogen-bond donors (Lipinski definition) is 1. The van der Waals surface area contributed by atoms with Gasteiger partial charge in [0.2, 0.25) is 0 Å². The van der Waals surface area contributed by atoms with Crippen LogP contribution < -0.4 is 9.62 Å². The quantitative estimate of drug-likeness (QED) is 0.544. The van der Waals surface area contributed by atoms with E-state index in [-0.39, 0.29) is 22.4 Å². The number of nitrogens with zero attached hydrogens (tertiary/aromatic N) is 1. The summed E-state index contributed by atoms with van der Waals surface area (Å²) >= 11 is 12.1. The highest BCUT2D eigenvalue weighted by Gasteiger charge is 2.23. The van der Waals surface area contributed by atoms with Gasteiger partial charge < -0.3 is 5.32 Å². The number of amides is 1. The normalized spacial score (nSPS) is 11.1. The molecule has 0 saturated heterocycles. The minimum absolute atomic E-state index is 0.208. The summed E-state index contributed by atoms with van der Waals surface area (Å²) in [7, 11) is -3.70. The molecular weight excluding hydrogens is 431 g/mol. The Labute approximate surface area is 179 Å². The van der Waals surface area contributed by atoms with Crippen LogP contribution in [0.25, 0.3) is 0 Å². The first-order valence-electron chi connectivity index (χ1n) is 8.78. The maximum Gasteiger partial charge on any atom is 0.264 e. The van der Waals surface area contributed by atoms with E-state index in [1.165, 1.54) is 4.31 Å². The third-order valence-electron chi connectivity index (χ3n) is 4.24. The molecule has 0 aliphatic carbocycles. The fraction of sp³-hybridized carbons (Fsp3) is 0.0952. The smallest absolute Gasteiger partial charge is 0.264 e. The van der Waals surface area contributed by atoms with Crippen LogP contribution >= 0.6 is 23.2 Å². The van der Waals surface area contributed by atoms with E-state index in [0.29, 0.717) is 22.0 Å². The number of sulfonamides is 1. The van der Waals surface area contributed by atoms with Gasteiger partial charge in [0.1, 0.15) is 0 Å². The van der Waals surface area contributed by atoms with Gasteiger partial charge in [0.05, 0.1) is 26.3 Å². The van der Waals surface area contributed by atoms with E-state index in [1.54, 1.807) is 79.7 Å². The monoisotopic (exact) mass is 448 g/mol. The summed E-state index contributed by atoms with van der Waals surface area (Å²) in [6.07, 6.45) is 0. The van der Waals surface area contributed by atoms with Gasteiger partial charge >= 0.3 is 0 Å². The predicted molar refractivity (Wildman–Crippen MR) is 118 cm³/mol. The van der Waals surface area contributed by atoms with E-state index >= 15 is 0 Å². The molecule has 0 saturated carbocycles. The van der Waals surface area contributed by atoms with Crippen molar-refractivity contribution in [2.75, 3.05) is 16.2 Å². The standard InChI is InChI=1S/C21H18Cl2N2O3S/c1-2-25(29(27,28)17-7-4-3-5-8-17)16-13-11-15(12-14-16)21(26)24-19-10-6-9-18(22)20(19)23/h3-14H,2H2,1H3,(H,24,26). The van der Waals surface area contributed by atoms with Crippen molar-refractivity contribution in [3.8, 4) is 0 Å². The van der Waals surface area contributed by atoms with E-state index in [1.807, 2.05) is 0 Å². The van der Waals surface area contributed by atoms with Gasteiger partial charge in [0.25, 0.3) is 15.9 Å². The van der Waals surface area contributed by atoms with Crippen molar-refractivity contribution in [2.45, 2.75) is 11.8 Å². The molecule has 0 unspecified atom stereocenters. The Morgan fingerprint density at radius 2 is 1.59 bits per heavy atom. The van der Waals surface area contributed by atoms with Crippen molar-refractivity contribution in [2.24, 2.45) is 0 Å². The molecule has 5 nitrogen and oxygen atoms in total. The average Bonchev–Trinajstić information content (AvgIpc) is 2.73. The van der Waals surface area contributed by atoms with Crippen molar-refractivity contribution < 1.29 is 13.2 Å². The van der Waals surface area contributed by atoms with Crippen molar-refractivity contribution in [1.29, 1.82) is 0 Å². The molecule has 3 aromatic carbocycles. The van der Waals surface area contributed by atoms with Crippen LogP contribution in [0.1, 0.15) is 17.3 Å². The first-order valence-corrected chi connectivity index (χ1v) is 11.0. The second kappa shape index (κ2) is 8.86. The molecule has 150 valence electrons. The number of rotatable bonds is 6. The highest BCUT2D eigenvalue weighted by atomic mass is 35.5. The SMILES string of the molecule is CCN(c1ccc(C(=O)Nc2cccc(Cl)c2Cl)cc1)S(=O)(=O)c1ccccc1. The molecule has 0 bridgehead atoms.